The van der Waals surface area contributed by atoms with Crippen molar-refractivity contribution in [2.24, 2.45) is 0 Å². The molecule has 0 aliphatic carbocycles. The maximum Gasteiger partial charge on any atom is 0.325 e. The first-order valence-corrected chi connectivity index (χ1v) is 7.81. The van der Waals surface area contributed by atoms with Crippen LogP contribution >= 0.6 is 11.6 Å². The molecular weight excluding hydrogens is 330 g/mol. The van der Waals surface area contributed by atoms with Gasteiger partial charge < -0.3 is 15.4 Å². The summed E-state index contributed by atoms with van der Waals surface area (Å²) in [5.74, 6) is -0.663. The second kappa shape index (κ2) is 8.31. The number of carbonyl (C=O) groups is 2. The molecule has 24 heavy (non-hydrogen) atoms. The summed E-state index contributed by atoms with van der Waals surface area (Å²) in [4.78, 5) is 28.0. The van der Waals surface area contributed by atoms with Gasteiger partial charge in [-0.25, -0.2) is 0 Å². The molecule has 126 valence electrons. The Hall–Kier alpha value is -2.60. The number of anilines is 2. The van der Waals surface area contributed by atoms with Gasteiger partial charge in [-0.2, -0.15) is 0 Å². The Morgan fingerprint density at radius 1 is 1.21 bits per heavy atom. The van der Waals surface area contributed by atoms with Gasteiger partial charge in [-0.15, -0.1) is 0 Å². The van der Waals surface area contributed by atoms with Crippen molar-refractivity contribution in [3.05, 3.63) is 52.8 Å². The lowest BCUT2D eigenvalue weighted by Crippen LogP contribution is -2.19. The number of aryl methyl sites for hydroxylation is 1. The van der Waals surface area contributed by atoms with Gasteiger partial charge in [-0.1, -0.05) is 11.6 Å². The molecule has 0 spiro atoms. The van der Waals surface area contributed by atoms with E-state index in [4.69, 9.17) is 16.3 Å². The minimum Gasteiger partial charge on any atom is -0.465 e. The number of halogens is 1. The van der Waals surface area contributed by atoms with E-state index in [1.807, 2.05) is 0 Å². The van der Waals surface area contributed by atoms with Gasteiger partial charge in [0.05, 0.1) is 23.7 Å². The molecule has 2 rings (SSSR count). The number of nitrogens with one attached hydrogen (secondary N) is 2. The number of pyridine rings is 1. The van der Waals surface area contributed by atoms with Gasteiger partial charge in [-0.05, 0) is 44.2 Å². The van der Waals surface area contributed by atoms with Crippen molar-refractivity contribution in [1.29, 1.82) is 0 Å². The van der Waals surface area contributed by atoms with Crippen LogP contribution in [0.2, 0.25) is 5.02 Å². The molecule has 0 aliphatic heterocycles. The molecule has 0 unspecified atom stereocenters. The van der Waals surface area contributed by atoms with Crippen molar-refractivity contribution in [3.63, 3.8) is 0 Å². The highest BCUT2D eigenvalue weighted by Gasteiger charge is 2.13. The van der Waals surface area contributed by atoms with E-state index in [0.717, 1.165) is 0 Å². The molecule has 0 fully saturated rings. The first-order chi connectivity index (χ1) is 11.5. The molecule has 0 bridgehead atoms. The SMILES string of the molecule is CCOC(=O)CNc1ccnc(C)c1NC(=O)c1ccc(Cl)cc1. The van der Waals surface area contributed by atoms with E-state index in [0.29, 0.717) is 34.3 Å². The van der Waals surface area contributed by atoms with Crippen molar-refractivity contribution in [2.75, 3.05) is 23.8 Å². The van der Waals surface area contributed by atoms with Gasteiger partial charge >= 0.3 is 5.97 Å². The highest BCUT2D eigenvalue weighted by molar-refractivity contribution is 6.30. The fourth-order valence-electron chi connectivity index (χ4n) is 2.04. The summed E-state index contributed by atoms with van der Waals surface area (Å²) in [5.41, 5.74) is 2.21. The van der Waals surface area contributed by atoms with Gasteiger partial charge in [0.25, 0.3) is 5.91 Å². The summed E-state index contributed by atoms with van der Waals surface area (Å²) in [6, 6.07) is 8.24. The number of benzene rings is 1. The Bertz CT molecular complexity index is 732. The van der Waals surface area contributed by atoms with E-state index in [9.17, 15) is 9.59 Å². The smallest absolute Gasteiger partial charge is 0.325 e. The molecule has 1 aromatic heterocycles. The van der Waals surface area contributed by atoms with E-state index in [2.05, 4.69) is 15.6 Å². The molecule has 1 amide bonds. The summed E-state index contributed by atoms with van der Waals surface area (Å²) in [5, 5.41) is 6.32. The van der Waals surface area contributed by atoms with Crippen molar-refractivity contribution >= 4 is 34.9 Å². The minimum atomic E-state index is -0.373. The normalized spacial score (nSPS) is 10.1. The number of rotatable bonds is 6. The summed E-state index contributed by atoms with van der Waals surface area (Å²) >= 11 is 5.83. The maximum absolute atomic E-state index is 12.4. The quantitative estimate of drug-likeness (QED) is 0.784. The molecule has 6 nitrogen and oxygen atoms in total. The molecule has 0 atom stereocenters. The van der Waals surface area contributed by atoms with Gasteiger partial charge in [0, 0.05) is 16.8 Å². The molecule has 1 aromatic carbocycles. The summed E-state index contributed by atoms with van der Waals surface area (Å²) < 4.78 is 4.88. The lowest BCUT2D eigenvalue weighted by molar-refractivity contribution is -0.140. The standard InChI is InChI=1S/C17H18ClN3O3/c1-3-24-15(22)10-20-14-8-9-19-11(2)16(14)21-17(23)12-4-6-13(18)7-5-12/h4-9H,3,10H2,1-2H3,(H,19,20)(H,21,23). The molecule has 7 heteroatoms. The first-order valence-electron chi connectivity index (χ1n) is 7.43. The molecule has 1 heterocycles. The average molecular weight is 348 g/mol. The van der Waals surface area contributed by atoms with Crippen LogP contribution in [0, 0.1) is 6.92 Å². The number of nitrogens with zero attached hydrogens (tertiary/aromatic N) is 1. The van der Waals surface area contributed by atoms with Gasteiger partial charge in [-0.3, -0.25) is 14.6 Å². The molecule has 0 saturated heterocycles. The number of ether oxygens (including phenoxy) is 1. The summed E-state index contributed by atoms with van der Waals surface area (Å²) in [6.45, 7) is 3.83. The predicted octanol–water partition coefficient (Wildman–Crippen LogP) is 3.27. The lowest BCUT2D eigenvalue weighted by Gasteiger charge is -2.14. The predicted molar refractivity (Wildman–Crippen MR) is 93.5 cm³/mol. The molecule has 2 aromatic rings. The van der Waals surface area contributed by atoms with E-state index in [1.165, 1.54) is 0 Å². The zero-order valence-corrected chi connectivity index (χ0v) is 14.2. The van der Waals surface area contributed by atoms with E-state index >= 15 is 0 Å². The Kier molecular flexibility index (Phi) is 6.14. The molecular formula is C17H18ClN3O3. The molecule has 0 aliphatic rings. The number of amides is 1. The van der Waals surface area contributed by atoms with Crippen LogP contribution in [0.4, 0.5) is 11.4 Å². The van der Waals surface area contributed by atoms with Crippen LogP contribution < -0.4 is 10.6 Å². The molecule has 0 radical (unpaired) electrons. The number of esters is 1. The Labute approximate surface area is 145 Å². The second-order valence-corrected chi connectivity index (χ2v) is 5.37. The van der Waals surface area contributed by atoms with Gasteiger partial charge in [0.1, 0.15) is 6.54 Å². The molecule has 0 saturated carbocycles. The third kappa shape index (κ3) is 4.70. The number of carbonyl (C=O) groups excluding carboxylic acids is 2. The number of hydrogen-bond donors (Lipinski definition) is 2. The highest BCUT2D eigenvalue weighted by Crippen LogP contribution is 2.24. The lowest BCUT2D eigenvalue weighted by atomic mass is 10.2. The van der Waals surface area contributed by atoms with E-state index in [1.54, 1.807) is 50.4 Å². The first kappa shape index (κ1) is 17.7. The average Bonchev–Trinajstić information content (AvgIpc) is 2.56. The van der Waals surface area contributed by atoms with Crippen LogP contribution in [0.25, 0.3) is 0 Å². The van der Waals surface area contributed by atoms with Crippen LogP contribution in [0.15, 0.2) is 36.5 Å². The van der Waals surface area contributed by atoms with Crippen LogP contribution in [-0.4, -0.2) is 30.0 Å². The summed E-state index contributed by atoms with van der Waals surface area (Å²) in [7, 11) is 0. The molecule has 2 N–H and O–H groups in total. The van der Waals surface area contributed by atoms with Crippen molar-refractivity contribution < 1.29 is 14.3 Å². The third-order valence-electron chi connectivity index (χ3n) is 3.21. The van der Waals surface area contributed by atoms with E-state index < -0.39 is 0 Å². The van der Waals surface area contributed by atoms with Crippen LogP contribution in [0.5, 0.6) is 0 Å². The number of hydrogen-bond acceptors (Lipinski definition) is 5. The zero-order chi connectivity index (χ0) is 17.5. The minimum absolute atomic E-state index is 0.00110. The number of aromatic nitrogens is 1. The van der Waals surface area contributed by atoms with Gasteiger partial charge in [0.2, 0.25) is 0 Å². The van der Waals surface area contributed by atoms with Crippen molar-refractivity contribution in [2.45, 2.75) is 13.8 Å². The Morgan fingerprint density at radius 3 is 2.58 bits per heavy atom. The highest BCUT2D eigenvalue weighted by atomic mass is 35.5. The van der Waals surface area contributed by atoms with Crippen LogP contribution in [-0.2, 0) is 9.53 Å². The van der Waals surface area contributed by atoms with E-state index in [-0.39, 0.29) is 18.4 Å². The largest absolute Gasteiger partial charge is 0.465 e. The maximum atomic E-state index is 12.4. The van der Waals surface area contributed by atoms with Gasteiger partial charge in [0.15, 0.2) is 0 Å². The fraction of sp³-hybridized carbons (Fsp3) is 0.235. The Balaban J connectivity index is 2.15. The summed E-state index contributed by atoms with van der Waals surface area (Å²) in [6.07, 6.45) is 1.60. The topological polar surface area (TPSA) is 80.3 Å². The fourth-order valence-corrected chi connectivity index (χ4v) is 2.16. The zero-order valence-electron chi connectivity index (χ0n) is 13.4. The third-order valence-corrected chi connectivity index (χ3v) is 3.47. The second-order valence-electron chi connectivity index (χ2n) is 4.94. The van der Waals surface area contributed by atoms with Crippen LogP contribution in [0.3, 0.4) is 0 Å². The monoisotopic (exact) mass is 347 g/mol. The Morgan fingerprint density at radius 2 is 1.92 bits per heavy atom. The van der Waals surface area contributed by atoms with Crippen molar-refractivity contribution in [1.82, 2.24) is 4.98 Å². The van der Waals surface area contributed by atoms with Crippen molar-refractivity contribution in [3.8, 4) is 0 Å². The van der Waals surface area contributed by atoms with Crippen LogP contribution in [0.1, 0.15) is 23.0 Å².